The average Bonchev–Trinajstić information content (AvgIpc) is 3.41. The third-order valence-corrected chi connectivity index (χ3v) is 5.40. The molecule has 0 bridgehead atoms. The first-order valence-electron chi connectivity index (χ1n) is 9.15. The molecule has 1 saturated carbocycles. The van der Waals surface area contributed by atoms with Crippen molar-refractivity contribution in [1.29, 1.82) is 0 Å². The van der Waals surface area contributed by atoms with E-state index in [1.807, 2.05) is 24.8 Å². The van der Waals surface area contributed by atoms with Gasteiger partial charge in [0.2, 0.25) is 0 Å². The highest BCUT2D eigenvalue weighted by Gasteiger charge is 2.38. The number of aromatic nitrogens is 1. The summed E-state index contributed by atoms with van der Waals surface area (Å²) in [5.74, 6) is 0.679. The van der Waals surface area contributed by atoms with Crippen molar-refractivity contribution in [2.75, 3.05) is 19.6 Å². The molecule has 25 heavy (non-hydrogen) atoms. The predicted octanol–water partition coefficient (Wildman–Crippen LogP) is 2.82. The van der Waals surface area contributed by atoms with Gasteiger partial charge < -0.3 is 9.42 Å². The maximum atomic E-state index is 13.2. The molecule has 5 nitrogen and oxygen atoms in total. The Morgan fingerprint density at radius 1 is 1.20 bits per heavy atom. The van der Waals surface area contributed by atoms with Crippen LogP contribution in [-0.2, 0) is 6.42 Å². The van der Waals surface area contributed by atoms with Gasteiger partial charge in [-0.05, 0) is 38.7 Å². The van der Waals surface area contributed by atoms with Crippen LogP contribution in [0.1, 0.15) is 40.2 Å². The van der Waals surface area contributed by atoms with Crippen LogP contribution in [0.4, 0.5) is 0 Å². The molecule has 2 fully saturated rings. The summed E-state index contributed by atoms with van der Waals surface area (Å²) in [6.45, 7) is 6.35. The Bertz CT molecular complexity index is 732. The van der Waals surface area contributed by atoms with E-state index in [1.54, 1.807) is 0 Å². The Hall–Kier alpha value is -2.14. The van der Waals surface area contributed by atoms with Crippen LogP contribution in [0.15, 0.2) is 34.9 Å². The number of carbonyl (C=O) groups excluding carboxylic acids is 1. The Morgan fingerprint density at radius 2 is 1.96 bits per heavy atom. The third kappa shape index (κ3) is 3.33. The standard InChI is InChI=1S/C20H25N3O2/c1-14-19(15(2)25-21-14)20(24)23-11-10-22(17-8-9-17)13-18(23)12-16-6-4-3-5-7-16/h3-7,17-18H,8-13H2,1-2H3. The molecule has 1 aliphatic heterocycles. The molecule has 5 heteroatoms. The van der Waals surface area contributed by atoms with Crippen LogP contribution in [0.3, 0.4) is 0 Å². The van der Waals surface area contributed by atoms with Crippen LogP contribution in [-0.4, -0.2) is 52.6 Å². The van der Waals surface area contributed by atoms with Crippen molar-refractivity contribution >= 4 is 5.91 Å². The maximum absolute atomic E-state index is 13.2. The van der Waals surface area contributed by atoms with Crippen LogP contribution in [0.25, 0.3) is 0 Å². The molecule has 4 rings (SSSR count). The van der Waals surface area contributed by atoms with Gasteiger partial charge in [-0.25, -0.2) is 0 Å². The fourth-order valence-corrected chi connectivity index (χ4v) is 3.91. The van der Waals surface area contributed by atoms with E-state index in [2.05, 4.69) is 34.3 Å². The number of piperazine rings is 1. The summed E-state index contributed by atoms with van der Waals surface area (Å²) in [4.78, 5) is 17.8. The topological polar surface area (TPSA) is 49.6 Å². The van der Waals surface area contributed by atoms with E-state index in [9.17, 15) is 4.79 Å². The van der Waals surface area contributed by atoms with Crippen molar-refractivity contribution in [2.24, 2.45) is 0 Å². The van der Waals surface area contributed by atoms with Crippen LogP contribution in [0.5, 0.6) is 0 Å². The SMILES string of the molecule is Cc1noc(C)c1C(=O)N1CCN(C2CC2)CC1Cc1ccccc1. The van der Waals surface area contributed by atoms with E-state index in [4.69, 9.17) is 4.52 Å². The van der Waals surface area contributed by atoms with Crippen molar-refractivity contribution < 1.29 is 9.32 Å². The van der Waals surface area contributed by atoms with Gasteiger partial charge in [0.05, 0.1) is 5.69 Å². The molecule has 1 amide bonds. The maximum Gasteiger partial charge on any atom is 0.259 e. The number of benzene rings is 1. The predicted molar refractivity (Wildman–Crippen MR) is 95.5 cm³/mol. The molecule has 2 aromatic rings. The summed E-state index contributed by atoms with van der Waals surface area (Å²) < 4.78 is 5.22. The van der Waals surface area contributed by atoms with Gasteiger partial charge in [-0.15, -0.1) is 0 Å². The summed E-state index contributed by atoms with van der Waals surface area (Å²) in [7, 11) is 0. The quantitative estimate of drug-likeness (QED) is 0.859. The molecule has 1 aromatic heterocycles. The lowest BCUT2D eigenvalue weighted by Gasteiger charge is -2.42. The monoisotopic (exact) mass is 339 g/mol. The fourth-order valence-electron chi connectivity index (χ4n) is 3.91. The van der Waals surface area contributed by atoms with E-state index < -0.39 is 0 Å². The van der Waals surface area contributed by atoms with Gasteiger partial charge in [-0.1, -0.05) is 35.5 Å². The summed E-state index contributed by atoms with van der Waals surface area (Å²) in [5, 5.41) is 3.96. The number of hydrogen-bond donors (Lipinski definition) is 0. The second-order valence-corrected chi connectivity index (χ2v) is 7.27. The van der Waals surface area contributed by atoms with Crippen LogP contribution >= 0.6 is 0 Å². The van der Waals surface area contributed by atoms with Crippen molar-refractivity contribution in [2.45, 2.75) is 45.2 Å². The van der Waals surface area contributed by atoms with Gasteiger partial charge >= 0.3 is 0 Å². The van der Waals surface area contributed by atoms with E-state index in [0.29, 0.717) is 17.0 Å². The molecule has 1 aromatic carbocycles. The van der Waals surface area contributed by atoms with Gasteiger partial charge in [0.15, 0.2) is 0 Å². The molecular formula is C20H25N3O2. The summed E-state index contributed by atoms with van der Waals surface area (Å²) in [6, 6.07) is 11.4. The average molecular weight is 339 g/mol. The van der Waals surface area contributed by atoms with Crippen molar-refractivity contribution in [3.63, 3.8) is 0 Å². The van der Waals surface area contributed by atoms with Crippen molar-refractivity contribution in [3.05, 3.63) is 52.9 Å². The molecule has 132 valence electrons. The molecule has 0 spiro atoms. The highest BCUT2D eigenvalue weighted by Crippen LogP contribution is 2.30. The largest absolute Gasteiger partial charge is 0.361 e. The van der Waals surface area contributed by atoms with Gasteiger partial charge in [0.1, 0.15) is 11.3 Å². The lowest BCUT2D eigenvalue weighted by atomic mass is 10.0. The molecule has 2 heterocycles. The van der Waals surface area contributed by atoms with Gasteiger partial charge in [0, 0.05) is 31.7 Å². The fraction of sp³-hybridized carbons (Fsp3) is 0.500. The second-order valence-electron chi connectivity index (χ2n) is 7.27. The molecule has 0 radical (unpaired) electrons. The zero-order chi connectivity index (χ0) is 17.4. The summed E-state index contributed by atoms with van der Waals surface area (Å²) >= 11 is 0. The first-order chi connectivity index (χ1) is 12.1. The molecule has 1 aliphatic carbocycles. The normalized spacial score (nSPS) is 21.5. The first-order valence-corrected chi connectivity index (χ1v) is 9.15. The minimum absolute atomic E-state index is 0.0626. The zero-order valence-corrected chi connectivity index (χ0v) is 14.9. The lowest BCUT2D eigenvalue weighted by Crippen LogP contribution is -2.56. The van der Waals surface area contributed by atoms with Crippen molar-refractivity contribution in [1.82, 2.24) is 15.0 Å². The molecule has 1 atom stereocenters. The summed E-state index contributed by atoms with van der Waals surface area (Å²) in [5.41, 5.74) is 2.60. The Kier molecular flexibility index (Phi) is 4.34. The number of hydrogen-bond acceptors (Lipinski definition) is 4. The molecular weight excluding hydrogens is 314 g/mol. The first kappa shape index (κ1) is 16.3. The van der Waals surface area contributed by atoms with E-state index in [-0.39, 0.29) is 11.9 Å². The van der Waals surface area contributed by atoms with E-state index >= 15 is 0 Å². The van der Waals surface area contributed by atoms with Gasteiger partial charge in [-0.3, -0.25) is 9.69 Å². The van der Waals surface area contributed by atoms with Crippen molar-refractivity contribution in [3.8, 4) is 0 Å². The molecule has 2 aliphatic rings. The van der Waals surface area contributed by atoms with Gasteiger partial charge in [0.25, 0.3) is 5.91 Å². The smallest absolute Gasteiger partial charge is 0.259 e. The van der Waals surface area contributed by atoms with Crippen LogP contribution in [0, 0.1) is 13.8 Å². The number of nitrogens with zero attached hydrogens (tertiary/aromatic N) is 3. The lowest BCUT2D eigenvalue weighted by molar-refractivity contribution is 0.0435. The highest BCUT2D eigenvalue weighted by molar-refractivity contribution is 5.96. The number of rotatable bonds is 4. The third-order valence-electron chi connectivity index (χ3n) is 5.40. The number of aryl methyl sites for hydroxylation is 2. The Balaban J connectivity index is 1.58. The minimum atomic E-state index is 0.0626. The molecule has 0 N–H and O–H groups in total. The Morgan fingerprint density at radius 3 is 2.60 bits per heavy atom. The van der Waals surface area contributed by atoms with Gasteiger partial charge in [-0.2, -0.15) is 0 Å². The number of amides is 1. The molecule has 1 saturated heterocycles. The summed E-state index contributed by atoms with van der Waals surface area (Å²) in [6.07, 6.45) is 3.49. The highest BCUT2D eigenvalue weighted by atomic mass is 16.5. The van der Waals surface area contributed by atoms with Crippen LogP contribution in [0.2, 0.25) is 0 Å². The van der Waals surface area contributed by atoms with E-state index in [0.717, 1.165) is 32.1 Å². The van der Waals surface area contributed by atoms with E-state index in [1.165, 1.54) is 18.4 Å². The minimum Gasteiger partial charge on any atom is -0.361 e. The van der Waals surface area contributed by atoms with Crippen LogP contribution < -0.4 is 0 Å². The Labute approximate surface area is 148 Å². The second kappa shape index (κ2) is 6.64. The zero-order valence-electron chi connectivity index (χ0n) is 14.9. The number of carbonyl (C=O) groups is 1. The molecule has 1 unspecified atom stereocenters.